The summed E-state index contributed by atoms with van der Waals surface area (Å²) in [5.41, 5.74) is 2.07. The number of hydrogen-bond acceptors (Lipinski definition) is 8. The van der Waals surface area contributed by atoms with Crippen LogP contribution in [-0.2, 0) is 14.4 Å². The van der Waals surface area contributed by atoms with Crippen molar-refractivity contribution in [2.24, 2.45) is 5.16 Å². The molecule has 1 aromatic heterocycles. The van der Waals surface area contributed by atoms with Gasteiger partial charge in [0.2, 0.25) is 0 Å². The molecule has 156 valence electrons. The number of carbonyl (C=O) groups is 1. The highest BCUT2D eigenvalue weighted by Gasteiger charge is 2.17. The minimum Gasteiger partial charge on any atom is -0.479 e. The van der Waals surface area contributed by atoms with Gasteiger partial charge in [-0.05, 0) is 57.2 Å². The minimum absolute atomic E-state index is 0.162. The van der Waals surface area contributed by atoms with Crippen LogP contribution in [0, 0.1) is 0 Å². The van der Waals surface area contributed by atoms with Crippen LogP contribution in [0.15, 0.2) is 53.7 Å². The number of carbonyl (C=O) groups excluding carboxylic acids is 1. The van der Waals surface area contributed by atoms with E-state index in [1.165, 1.54) is 0 Å². The molecule has 0 bridgehead atoms. The van der Waals surface area contributed by atoms with E-state index in [1.807, 2.05) is 24.3 Å². The van der Waals surface area contributed by atoms with Crippen molar-refractivity contribution in [1.29, 1.82) is 0 Å². The fourth-order valence-corrected chi connectivity index (χ4v) is 2.51. The predicted molar refractivity (Wildman–Crippen MR) is 112 cm³/mol. The molecule has 0 spiro atoms. The van der Waals surface area contributed by atoms with Crippen molar-refractivity contribution in [3.8, 4) is 17.4 Å². The molecule has 2 aromatic carbocycles. The summed E-state index contributed by atoms with van der Waals surface area (Å²) in [6, 6.07) is 14.0. The van der Waals surface area contributed by atoms with Gasteiger partial charge in [0, 0.05) is 0 Å². The summed E-state index contributed by atoms with van der Waals surface area (Å²) < 4.78 is 16.2. The number of halogens is 1. The third-order valence-electron chi connectivity index (χ3n) is 3.68. The van der Waals surface area contributed by atoms with Crippen molar-refractivity contribution in [2.45, 2.75) is 26.9 Å². The van der Waals surface area contributed by atoms with Crippen LogP contribution in [-0.4, -0.2) is 34.5 Å². The van der Waals surface area contributed by atoms with E-state index in [4.69, 9.17) is 30.6 Å². The zero-order chi connectivity index (χ0) is 21.5. The Labute approximate surface area is 178 Å². The molecule has 1 heterocycles. The second-order valence-corrected chi connectivity index (χ2v) is 6.75. The first-order valence-corrected chi connectivity index (χ1v) is 9.47. The molecule has 0 N–H and O–H groups in total. The van der Waals surface area contributed by atoms with E-state index in [0.29, 0.717) is 28.2 Å². The normalized spacial score (nSPS) is 11.5. The molecule has 0 saturated carbocycles. The SMILES string of the molecule is CC(C)=NOCOC(=O)C(C)Oc1ccc(Oc2nc3ccccc3nc2Cl)cc1. The van der Waals surface area contributed by atoms with Crippen LogP contribution in [0.2, 0.25) is 5.15 Å². The Morgan fingerprint density at radius 3 is 2.33 bits per heavy atom. The molecule has 0 aliphatic heterocycles. The number of benzene rings is 2. The quantitative estimate of drug-likeness (QED) is 0.167. The first-order chi connectivity index (χ1) is 14.4. The van der Waals surface area contributed by atoms with E-state index in [1.54, 1.807) is 45.0 Å². The van der Waals surface area contributed by atoms with E-state index in [2.05, 4.69) is 15.1 Å². The Morgan fingerprint density at radius 2 is 1.67 bits per heavy atom. The highest BCUT2D eigenvalue weighted by molar-refractivity contribution is 6.31. The minimum atomic E-state index is -0.826. The summed E-state index contributed by atoms with van der Waals surface area (Å²) in [6.45, 7) is 4.83. The molecule has 1 unspecified atom stereocenters. The topological polar surface area (TPSA) is 92.1 Å². The standard InChI is InChI=1S/C21H20ClN3O5/c1-13(2)25-28-12-27-21(26)14(3)29-15-8-10-16(11-9-15)30-20-19(22)23-17-6-4-5-7-18(17)24-20/h4-11,14H,12H2,1-3H3. The zero-order valence-electron chi connectivity index (χ0n) is 16.7. The van der Waals surface area contributed by atoms with Gasteiger partial charge >= 0.3 is 5.97 Å². The molecule has 0 aliphatic carbocycles. The molecule has 0 aliphatic rings. The summed E-state index contributed by atoms with van der Waals surface area (Å²) in [4.78, 5) is 25.4. The number of fused-ring (bicyclic) bond motifs is 1. The Morgan fingerprint density at radius 1 is 1.03 bits per heavy atom. The van der Waals surface area contributed by atoms with Gasteiger partial charge in [-0.2, -0.15) is 0 Å². The van der Waals surface area contributed by atoms with Crippen LogP contribution in [0.5, 0.6) is 17.4 Å². The van der Waals surface area contributed by atoms with Gasteiger partial charge in [-0.25, -0.2) is 14.8 Å². The summed E-state index contributed by atoms with van der Waals surface area (Å²) in [6.07, 6.45) is -0.826. The van der Waals surface area contributed by atoms with Crippen LogP contribution in [0.4, 0.5) is 0 Å². The Kier molecular flexibility index (Phi) is 7.03. The molecule has 8 nitrogen and oxygen atoms in total. The first kappa shape index (κ1) is 21.3. The van der Waals surface area contributed by atoms with Gasteiger partial charge in [0.05, 0.1) is 16.7 Å². The molecule has 0 fully saturated rings. The van der Waals surface area contributed by atoms with Crippen molar-refractivity contribution in [3.63, 3.8) is 0 Å². The van der Waals surface area contributed by atoms with Crippen LogP contribution in [0.3, 0.4) is 0 Å². The van der Waals surface area contributed by atoms with Crippen LogP contribution in [0.25, 0.3) is 11.0 Å². The largest absolute Gasteiger partial charge is 0.479 e. The lowest BCUT2D eigenvalue weighted by Gasteiger charge is -2.14. The van der Waals surface area contributed by atoms with Crippen LogP contribution in [0.1, 0.15) is 20.8 Å². The molecule has 0 saturated heterocycles. The van der Waals surface area contributed by atoms with E-state index >= 15 is 0 Å². The third kappa shape index (κ3) is 5.81. The number of esters is 1. The number of ether oxygens (including phenoxy) is 3. The molecule has 9 heteroatoms. The number of aromatic nitrogens is 2. The van der Waals surface area contributed by atoms with Crippen molar-refractivity contribution >= 4 is 34.3 Å². The van der Waals surface area contributed by atoms with Gasteiger partial charge in [0.1, 0.15) is 11.5 Å². The van der Waals surface area contributed by atoms with Gasteiger partial charge in [0.15, 0.2) is 11.3 Å². The smallest absolute Gasteiger partial charge is 0.349 e. The molecular formula is C21H20ClN3O5. The average molecular weight is 430 g/mol. The molecule has 0 amide bonds. The van der Waals surface area contributed by atoms with Crippen LogP contribution < -0.4 is 9.47 Å². The average Bonchev–Trinajstić information content (AvgIpc) is 2.72. The van der Waals surface area contributed by atoms with Gasteiger partial charge in [0.25, 0.3) is 12.7 Å². The molecule has 0 radical (unpaired) electrons. The number of nitrogens with zero attached hydrogens (tertiary/aromatic N) is 3. The summed E-state index contributed by atoms with van der Waals surface area (Å²) in [5, 5.41) is 3.83. The van der Waals surface area contributed by atoms with E-state index < -0.39 is 12.1 Å². The summed E-state index contributed by atoms with van der Waals surface area (Å²) in [7, 11) is 0. The van der Waals surface area contributed by atoms with E-state index in [9.17, 15) is 4.79 Å². The highest BCUT2D eigenvalue weighted by atomic mass is 35.5. The van der Waals surface area contributed by atoms with Gasteiger partial charge in [-0.1, -0.05) is 28.9 Å². The second kappa shape index (κ2) is 9.89. The molecular weight excluding hydrogens is 410 g/mol. The number of oxime groups is 1. The number of rotatable bonds is 8. The fraction of sp³-hybridized carbons (Fsp3) is 0.238. The monoisotopic (exact) mass is 429 g/mol. The zero-order valence-corrected chi connectivity index (χ0v) is 17.4. The number of hydrogen-bond donors (Lipinski definition) is 0. The third-order valence-corrected chi connectivity index (χ3v) is 3.93. The molecule has 30 heavy (non-hydrogen) atoms. The van der Waals surface area contributed by atoms with Gasteiger partial charge < -0.3 is 19.0 Å². The molecule has 3 aromatic rings. The first-order valence-electron chi connectivity index (χ1n) is 9.09. The highest BCUT2D eigenvalue weighted by Crippen LogP contribution is 2.29. The predicted octanol–water partition coefficient (Wildman–Crippen LogP) is 4.76. The maximum atomic E-state index is 11.9. The molecule has 1 atom stereocenters. The Balaban J connectivity index is 1.58. The van der Waals surface area contributed by atoms with Crippen molar-refractivity contribution < 1.29 is 23.8 Å². The Hall–Kier alpha value is -3.39. The Bertz CT molecular complexity index is 1050. The van der Waals surface area contributed by atoms with Crippen LogP contribution >= 0.6 is 11.6 Å². The van der Waals surface area contributed by atoms with Crippen molar-refractivity contribution in [1.82, 2.24) is 9.97 Å². The number of para-hydroxylation sites is 2. The second-order valence-electron chi connectivity index (χ2n) is 6.39. The lowest BCUT2D eigenvalue weighted by Crippen LogP contribution is -2.26. The van der Waals surface area contributed by atoms with E-state index in [-0.39, 0.29) is 17.8 Å². The van der Waals surface area contributed by atoms with Gasteiger partial charge in [-0.15, -0.1) is 0 Å². The maximum Gasteiger partial charge on any atom is 0.349 e. The van der Waals surface area contributed by atoms with Crippen molar-refractivity contribution in [3.05, 3.63) is 53.7 Å². The summed E-state index contributed by atoms with van der Waals surface area (Å²) in [5.74, 6) is 0.583. The van der Waals surface area contributed by atoms with Gasteiger partial charge in [-0.3, -0.25) is 0 Å². The fourth-order valence-electron chi connectivity index (χ4n) is 2.33. The lowest BCUT2D eigenvalue weighted by molar-refractivity contribution is -0.163. The molecule has 3 rings (SSSR count). The summed E-state index contributed by atoms with van der Waals surface area (Å²) >= 11 is 6.16. The van der Waals surface area contributed by atoms with Crippen molar-refractivity contribution in [2.75, 3.05) is 6.79 Å². The maximum absolute atomic E-state index is 11.9. The van der Waals surface area contributed by atoms with E-state index in [0.717, 1.165) is 0 Å². The lowest BCUT2D eigenvalue weighted by atomic mass is 10.3.